The van der Waals surface area contributed by atoms with Crippen molar-refractivity contribution in [3.05, 3.63) is 29.8 Å². The zero-order chi connectivity index (χ0) is 9.97. The summed E-state index contributed by atoms with van der Waals surface area (Å²) in [7, 11) is 0. The van der Waals surface area contributed by atoms with Crippen molar-refractivity contribution in [3.8, 4) is 5.75 Å². The lowest BCUT2D eigenvalue weighted by Crippen LogP contribution is -2.34. The topological polar surface area (TPSA) is 21.3 Å². The van der Waals surface area contributed by atoms with E-state index in [1.165, 1.54) is 0 Å². The Kier molecular flexibility index (Phi) is 4.29. The van der Waals surface area contributed by atoms with Crippen LogP contribution < -0.4 is 10.1 Å². The number of benzene rings is 1. The molecular weight excluding hydrogens is 224 g/mol. The molecule has 1 aromatic carbocycles. The lowest BCUT2D eigenvalue weighted by Gasteiger charge is -2.28. The molecule has 0 unspecified atom stereocenters. The maximum atomic E-state index is 11.8. The van der Waals surface area contributed by atoms with Crippen LogP contribution in [0.5, 0.6) is 5.75 Å². The van der Waals surface area contributed by atoms with Gasteiger partial charge in [-0.3, -0.25) is 0 Å². The van der Waals surface area contributed by atoms with Gasteiger partial charge in [0.1, 0.15) is 5.75 Å². The summed E-state index contributed by atoms with van der Waals surface area (Å²) in [6.45, 7) is -1.72. The molecule has 15 heavy (non-hydrogen) atoms. The average Bonchev–Trinajstić information content (AvgIpc) is 2.04. The Morgan fingerprint density at radius 2 is 1.87 bits per heavy atom. The van der Waals surface area contributed by atoms with Crippen molar-refractivity contribution in [1.29, 1.82) is 0 Å². The molecule has 2 nitrogen and oxygen atoms in total. The van der Waals surface area contributed by atoms with E-state index in [0.29, 0.717) is 6.04 Å². The lowest BCUT2D eigenvalue weighted by molar-refractivity contribution is -0.0498. The predicted octanol–water partition coefficient (Wildman–Crippen LogP) is 2.74. The number of hydrogen-bond donors (Lipinski definition) is 1. The smallest absolute Gasteiger partial charge is 0.387 e. The van der Waals surface area contributed by atoms with Crippen LogP contribution in [0.25, 0.3) is 0 Å². The predicted molar refractivity (Wildman–Crippen MR) is 55.7 cm³/mol. The summed E-state index contributed by atoms with van der Waals surface area (Å²) in [4.78, 5) is 0. The minimum Gasteiger partial charge on any atom is -0.435 e. The Hall–Kier alpha value is -0.870. The van der Waals surface area contributed by atoms with Crippen LogP contribution in [0.3, 0.4) is 0 Å². The normalized spacial score (nSPS) is 19.3. The van der Waals surface area contributed by atoms with Gasteiger partial charge in [0.25, 0.3) is 0 Å². The minimum atomic E-state index is -2.75. The minimum absolute atomic E-state index is 0. The van der Waals surface area contributed by atoms with Gasteiger partial charge >= 0.3 is 6.61 Å². The largest absolute Gasteiger partial charge is 0.435 e. The summed E-state index contributed by atoms with van der Waals surface area (Å²) < 4.78 is 27.9. The van der Waals surface area contributed by atoms with Crippen LogP contribution in [0.15, 0.2) is 24.3 Å². The Bertz CT molecular complexity index is 301. The molecule has 0 bridgehead atoms. The van der Waals surface area contributed by atoms with Crippen LogP contribution in [-0.4, -0.2) is 13.2 Å². The molecule has 1 atom stereocenters. The third-order valence-corrected chi connectivity index (χ3v) is 2.33. The molecule has 0 saturated carbocycles. The first kappa shape index (κ1) is 12.2. The van der Waals surface area contributed by atoms with Gasteiger partial charge in [0.15, 0.2) is 0 Å². The highest BCUT2D eigenvalue weighted by Crippen LogP contribution is 2.24. The third kappa shape index (κ3) is 3.04. The first-order valence-electron chi connectivity index (χ1n) is 4.54. The van der Waals surface area contributed by atoms with Crippen LogP contribution in [0.2, 0.25) is 0 Å². The van der Waals surface area contributed by atoms with E-state index in [-0.39, 0.29) is 18.2 Å². The monoisotopic (exact) mass is 235 g/mol. The van der Waals surface area contributed by atoms with E-state index in [2.05, 4.69) is 10.1 Å². The summed E-state index contributed by atoms with van der Waals surface area (Å²) in [5, 5.41) is 3.23. The molecule has 5 heteroatoms. The van der Waals surface area contributed by atoms with E-state index in [0.717, 1.165) is 18.5 Å². The number of rotatable bonds is 3. The lowest BCUT2D eigenvalue weighted by atomic mass is 9.98. The maximum Gasteiger partial charge on any atom is 0.387 e. The standard InChI is InChI=1S/C10H11F2NO.ClH/c11-10(12)14-8-3-1-7(2-4-8)9-5-6-13-9;/h1-4,9-10,13H,5-6H2;1H/t9-;/m1./s1. The molecule has 0 radical (unpaired) electrons. The first-order valence-corrected chi connectivity index (χ1v) is 4.54. The van der Waals surface area contributed by atoms with Crippen LogP contribution in [-0.2, 0) is 0 Å². The van der Waals surface area contributed by atoms with Crippen LogP contribution >= 0.6 is 12.4 Å². The van der Waals surface area contributed by atoms with Crippen molar-refractivity contribution in [2.45, 2.75) is 19.1 Å². The molecule has 1 aliphatic rings. The van der Waals surface area contributed by atoms with Crippen molar-refractivity contribution in [2.75, 3.05) is 6.54 Å². The number of hydrogen-bond acceptors (Lipinski definition) is 2. The van der Waals surface area contributed by atoms with Crippen molar-refractivity contribution >= 4 is 12.4 Å². The van der Waals surface area contributed by atoms with Gasteiger partial charge in [0, 0.05) is 6.04 Å². The highest BCUT2D eigenvalue weighted by Gasteiger charge is 2.18. The number of halogens is 3. The van der Waals surface area contributed by atoms with Crippen LogP contribution in [0.4, 0.5) is 8.78 Å². The number of ether oxygens (including phenoxy) is 1. The van der Waals surface area contributed by atoms with Crippen LogP contribution in [0, 0.1) is 0 Å². The Morgan fingerprint density at radius 3 is 2.27 bits per heavy atom. The Morgan fingerprint density at radius 1 is 1.27 bits per heavy atom. The molecule has 1 fully saturated rings. The zero-order valence-corrected chi connectivity index (χ0v) is 8.77. The molecule has 0 aromatic heterocycles. The second kappa shape index (κ2) is 5.28. The average molecular weight is 236 g/mol. The second-order valence-corrected chi connectivity index (χ2v) is 3.24. The molecule has 84 valence electrons. The summed E-state index contributed by atoms with van der Waals surface area (Å²) in [5.74, 6) is 0.211. The molecule has 0 aliphatic carbocycles. The van der Waals surface area contributed by atoms with Gasteiger partial charge in [-0.05, 0) is 30.7 Å². The van der Waals surface area contributed by atoms with Gasteiger partial charge in [0.05, 0.1) is 0 Å². The molecule has 1 saturated heterocycles. The third-order valence-electron chi connectivity index (χ3n) is 2.33. The molecular formula is C10H12ClF2NO. The summed E-state index contributed by atoms with van der Waals surface area (Å²) in [6, 6.07) is 7.15. The van der Waals surface area contributed by atoms with E-state index in [1.807, 2.05) is 12.1 Å². The quantitative estimate of drug-likeness (QED) is 0.870. The van der Waals surface area contributed by atoms with Crippen LogP contribution in [0.1, 0.15) is 18.0 Å². The fourth-order valence-electron chi connectivity index (χ4n) is 1.45. The Labute approximate surface area is 93.0 Å². The first-order chi connectivity index (χ1) is 6.75. The van der Waals surface area contributed by atoms with E-state index in [1.54, 1.807) is 12.1 Å². The summed E-state index contributed by atoms with van der Waals surface area (Å²) in [6.07, 6.45) is 1.11. The van der Waals surface area contributed by atoms with E-state index in [9.17, 15) is 8.78 Å². The van der Waals surface area contributed by atoms with E-state index in [4.69, 9.17) is 0 Å². The van der Waals surface area contributed by atoms with Gasteiger partial charge < -0.3 is 10.1 Å². The SMILES string of the molecule is Cl.FC(F)Oc1ccc([C@H]2CCN2)cc1. The molecule has 1 heterocycles. The second-order valence-electron chi connectivity index (χ2n) is 3.24. The molecule has 1 aromatic rings. The van der Waals surface area contributed by atoms with Gasteiger partial charge in [0.2, 0.25) is 0 Å². The zero-order valence-electron chi connectivity index (χ0n) is 7.95. The highest BCUT2D eigenvalue weighted by atomic mass is 35.5. The fourth-order valence-corrected chi connectivity index (χ4v) is 1.45. The summed E-state index contributed by atoms with van der Waals surface area (Å²) >= 11 is 0. The van der Waals surface area contributed by atoms with Gasteiger partial charge in [-0.15, -0.1) is 12.4 Å². The van der Waals surface area contributed by atoms with Crippen molar-refractivity contribution in [1.82, 2.24) is 5.32 Å². The molecule has 0 spiro atoms. The van der Waals surface area contributed by atoms with Crippen molar-refractivity contribution in [2.24, 2.45) is 0 Å². The molecule has 1 aliphatic heterocycles. The van der Waals surface area contributed by atoms with Gasteiger partial charge in [-0.25, -0.2) is 0 Å². The summed E-state index contributed by atoms with van der Waals surface area (Å²) in [5.41, 5.74) is 1.12. The van der Waals surface area contributed by atoms with Gasteiger partial charge in [-0.1, -0.05) is 12.1 Å². The number of nitrogens with one attached hydrogen (secondary N) is 1. The molecule has 0 amide bonds. The number of alkyl halides is 2. The van der Waals surface area contributed by atoms with Gasteiger partial charge in [-0.2, -0.15) is 8.78 Å². The molecule has 1 N–H and O–H groups in total. The highest BCUT2D eigenvalue weighted by molar-refractivity contribution is 5.85. The fraction of sp³-hybridized carbons (Fsp3) is 0.400. The van der Waals surface area contributed by atoms with Crippen molar-refractivity contribution in [3.63, 3.8) is 0 Å². The van der Waals surface area contributed by atoms with E-state index < -0.39 is 6.61 Å². The maximum absolute atomic E-state index is 11.8. The Balaban J connectivity index is 0.00000112. The van der Waals surface area contributed by atoms with E-state index >= 15 is 0 Å². The molecule has 2 rings (SSSR count). The van der Waals surface area contributed by atoms with Crippen molar-refractivity contribution < 1.29 is 13.5 Å².